The monoisotopic (exact) mass is 2070 g/mol. The van der Waals surface area contributed by atoms with E-state index < -0.39 is 232 Å². The first kappa shape index (κ1) is 137. The molecular formula is C58H49BrClF54MgO10+. The van der Waals surface area contributed by atoms with E-state index in [1.54, 1.807) is 0 Å². The number of methoxy groups -OCH3 is 4. The number of Topliss-reactive ketones (excluding diaryl/α,β-unsaturated/α-hetero) is 4. The van der Waals surface area contributed by atoms with Gasteiger partial charge in [-0.1, -0.05) is 71.0 Å². The summed E-state index contributed by atoms with van der Waals surface area (Å²) < 4.78 is 703. The molecule has 0 saturated heterocycles. The van der Waals surface area contributed by atoms with Crippen LogP contribution in [0.15, 0.2) is 93.1 Å². The molecule has 67 heteroatoms. The fourth-order valence-electron chi connectivity index (χ4n) is 10.6. The number of hydrogen-bond donors (Lipinski definition) is 2. The SMILES string of the molecule is C.C.C=CC(OC)(C(F)(F)F)C(C(F)(F)F)(C(F)(F)F)C(C=C)(OC)C(F)(F)F.C=Cc1ccccc1.CCl.COC1(C(F)(F)F)C=CC(OC)(C(F)(F)F)C1(C(F)(F)F)C(F)(F)F.O=C(C(F)(F)F)C(C(=O)C(F)(F)F)(C(F)(F)F)C(F)(F)F.O=C(CC(=O)C(F)(F)F)C(F)(F)F.OC1(C(F)(F)F)C=CC(O)(C(F)(F)F)C1(C(F)(F)F)C(F)(F)F.[Br-].[CH-]=C.[H+].[Mg+2]. The maximum Gasteiger partial charge on any atom is 2.00 e. The van der Waals surface area contributed by atoms with E-state index in [0.717, 1.165) is 0 Å². The number of ketones is 4. The molecule has 6 unspecified atom stereocenters. The molecule has 0 radical (unpaired) electrons. The quantitative estimate of drug-likeness (QED) is 0.0489. The number of halogens is 56. The van der Waals surface area contributed by atoms with Gasteiger partial charge in [0.2, 0.25) is 61.4 Å². The number of hydrogen-bond acceptors (Lipinski definition) is 10. The van der Waals surface area contributed by atoms with Gasteiger partial charge in [-0.15, -0.1) is 11.6 Å². The van der Waals surface area contributed by atoms with Crippen LogP contribution in [0.5, 0.6) is 0 Å². The summed E-state index contributed by atoms with van der Waals surface area (Å²) in [7, 11) is -0.985. The third-order valence-corrected chi connectivity index (χ3v) is 15.5. The molecule has 734 valence electrons. The van der Waals surface area contributed by atoms with Gasteiger partial charge in [-0.2, -0.15) is 237 Å². The van der Waals surface area contributed by atoms with Crippen LogP contribution in [-0.4, -0.2) is 236 Å². The van der Waals surface area contributed by atoms with E-state index in [9.17, 15) is 256 Å². The third-order valence-electron chi connectivity index (χ3n) is 15.5. The molecule has 1 aromatic rings. The summed E-state index contributed by atoms with van der Waals surface area (Å²) in [6.45, 7) is 15.1. The number of rotatable bonds is 13. The summed E-state index contributed by atoms with van der Waals surface area (Å²) >= 11 is 4.64. The van der Waals surface area contributed by atoms with E-state index in [-0.39, 0.29) is 84.8 Å². The van der Waals surface area contributed by atoms with Gasteiger partial charge in [-0.3, -0.25) is 25.8 Å². The summed E-state index contributed by atoms with van der Waals surface area (Å²) in [5, 5.41) is 18.0. The Labute approximate surface area is 694 Å². The van der Waals surface area contributed by atoms with Crippen molar-refractivity contribution in [2.45, 2.75) is 166 Å². The van der Waals surface area contributed by atoms with Gasteiger partial charge >= 0.3 is 136 Å². The molecule has 0 bridgehead atoms. The Hall–Kier alpha value is -6.14. The van der Waals surface area contributed by atoms with Gasteiger partial charge < -0.3 is 52.7 Å². The molecule has 0 fully saturated rings. The zero-order valence-electron chi connectivity index (χ0n) is 59.6. The maximum absolute atomic E-state index is 13.7. The zero-order valence-corrected chi connectivity index (χ0v) is 62.3. The largest absolute Gasteiger partial charge is 2.00 e. The first-order chi connectivity index (χ1) is 52.6. The van der Waals surface area contributed by atoms with E-state index >= 15 is 0 Å². The predicted molar refractivity (Wildman–Crippen MR) is 309 cm³/mol. The summed E-state index contributed by atoms with van der Waals surface area (Å²) in [5.41, 5.74) is -60.8. The van der Waals surface area contributed by atoms with Gasteiger partial charge in [0, 0.05) is 34.8 Å². The molecule has 2 aliphatic rings. The average Bonchev–Trinajstić information content (AvgIpc) is 1.49. The van der Waals surface area contributed by atoms with E-state index in [2.05, 4.69) is 63.4 Å². The first-order valence-electron chi connectivity index (χ1n) is 27.7. The van der Waals surface area contributed by atoms with Crippen LogP contribution in [-0.2, 0) is 38.1 Å². The van der Waals surface area contributed by atoms with Crippen molar-refractivity contribution in [1.29, 1.82) is 0 Å². The smallest absolute Gasteiger partial charge is 1.00 e. The second kappa shape index (κ2) is 42.8. The number of benzene rings is 1. The number of ether oxygens (including phenoxy) is 4. The molecule has 6 atom stereocenters. The number of carbonyl (C=O) groups is 4. The van der Waals surface area contributed by atoms with Crippen molar-refractivity contribution in [1.82, 2.24) is 0 Å². The van der Waals surface area contributed by atoms with Crippen LogP contribution < -0.4 is 17.0 Å². The van der Waals surface area contributed by atoms with Gasteiger partial charge in [0.1, 0.15) is 0 Å². The van der Waals surface area contributed by atoms with Crippen LogP contribution in [0.4, 0.5) is 237 Å². The van der Waals surface area contributed by atoms with Crippen LogP contribution in [0.2, 0.25) is 0 Å². The van der Waals surface area contributed by atoms with Gasteiger partial charge in [0.05, 0.1) is 6.42 Å². The maximum atomic E-state index is 13.7. The Morgan fingerprint density at radius 1 is 0.368 bits per heavy atom. The van der Waals surface area contributed by atoms with Crippen LogP contribution in [0.1, 0.15) is 28.3 Å². The van der Waals surface area contributed by atoms with E-state index in [0.29, 0.717) is 0 Å². The van der Waals surface area contributed by atoms with E-state index in [1.807, 2.05) is 36.4 Å². The van der Waals surface area contributed by atoms with Crippen molar-refractivity contribution >= 4 is 63.9 Å². The van der Waals surface area contributed by atoms with Crippen molar-refractivity contribution in [3.63, 3.8) is 0 Å². The molecule has 10 nitrogen and oxygen atoms in total. The minimum atomic E-state index is -7.51. The van der Waals surface area contributed by atoms with Crippen molar-refractivity contribution in [3.05, 3.63) is 105 Å². The fourth-order valence-corrected chi connectivity index (χ4v) is 10.6. The van der Waals surface area contributed by atoms with E-state index in [1.165, 1.54) is 11.9 Å². The van der Waals surface area contributed by atoms with Gasteiger partial charge in [-0.25, -0.2) is 0 Å². The molecule has 0 spiro atoms. The minimum Gasteiger partial charge on any atom is -1.00 e. The van der Waals surface area contributed by atoms with Crippen LogP contribution in [0.25, 0.3) is 6.08 Å². The number of carbonyl (C=O) groups excluding carboxylic acids is 4. The molecule has 3 rings (SSSR count). The van der Waals surface area contributed by atoms with Crippen molar-refractivity contribution in [2.75, 3.05) is 34.8 Å². The van der Waals surface area contributed by atoms with Gasteiger partial charge in [0.25, 0.3) is 17.0 Å². The van der Waals surface area contributed by atoms with E-state index in [4.69, 9.17) is 10.2 Å². The summed E-state index contributed by atoms with van der Waals surface area (Å²) in [6.07, 6.45) is -129. The Morgan fingerprint density at radius 3 is 0.712 bits per heavy atom. The molecular weight excluding hydrogens is 2020 g/mol. The van der Waals surface area contributed by atoms with Crippen molar-refractivity contribution < 1.29 is 304 Å². The number of aliphatic hydroxyl groups is 2. The minimum absolute atomic E-state index is 0. The molecule has 2 aliphatic carbocycles. The van der Waals surface area contributed by atoms with Crippen LogP contribution in [0, 0.1) is 28.2 Å². The Kier molecular flexibility index (Phi) is 46.9. The molecule has 2 N–H and O–H groups in total. The summed E-state index contributed by atoms with van der Waals surface area (Å²) in [6, 6.07) is 10.0. The molecule has 0 aromatic heterocycles. The van der Waals surface area contributed by atoms with Crippen molar-refractivity contribution in [2.24, 2.45) is 21.7 Å². The van der Waals surface area contributed by atoms with Crippen molar-refractivity contribution in [3.8, 4) is 0 Å². The molecule has 0 heterocycles. The Bertz CT molecular complexity index is 3460. The molecule has 125 heavy (non-hydrogen) atoms. The van der Waals surface area contributed by atoms with Gasteiger partial charge in [0.15, 0.2) is 0 Å². The predicted octanol–water partition coefficient (Wildman–Crippen LogP) is 20.0. The zero-order chi connectivity index (χ0) is 99.9. The molecule has 0 amide bonds. The Morgan fingerprint density at radius 2 is 0.592 bits per heavy atom. The van der Waals surface area contributed by atoms with Gasteiger partial charge in [-0.05, 0) is 42.0 Å². The average molecular weight is 2070 g/mol. The normalized spacial score (nSPS) is 20.8. The standard InChI is InChI=1S/C13H12F12O2.C11H8F12O2.C9H4F12O2.C8H8.C7F12O2.C5H2F6O2.C2H3.CH3Cl.2CH4.BrH.Mg/c1-5-7(26-3,10(14,15)16)9(12(20,21)22,13(23,24)25)8(6-2,27-4)11(17,18)19;1-24-5(8(12,13)14)3-4-6(25-2,9(15,16)17)7(5,10(18,19)20)11(21,22)23;10-6(11,12)3(22)1-2-4(23,7(13,14)15)5(3,8(16,17)18)9(19,20)21;1-2-8-6-4-3-5-7-8;8-4(9,10)1(20)3(6(14,15)16,7(17,18)19)2(21)5(11,12)13;6-4(7,8)2(12)1-3(13)5(9,10)11;2*1-2;;;;/h5-6H,1-2H2,3-4H3;3-4H,1-2H3;1-2,22-23H;2-7H,1H2;;1H2;1H,2H2;1H3;2*1H4;1H;/q;;;;;;-1;;;;;+2. The van der Waals surface area contributed by atoms with Crippen LogP contribution >= 0.6 is 11.6 Å². The van der Waals surface area contributed by atoms with Crippen LogP contribution in [0.3, 0.4) is 0 Å². The molecule has 1 aromatic carbocycles. The third kappa shape index (κ3) is 24.2. The second-order valence-corrected chi connectivity index (χ2v) is 21.6. The second-order valence-electron chi connectivity index (χ2n) is 21.6. The Balaban J connectivity index is -0.000000162. The fraction of sp³-hybridized carbons (Fsp3) is 0.621. The molecule has 0 saturated carbocycles. The molecule has 0 aliphatic heterocycles. The first-order valence-corrected chi connectivity index (χ1v) is 28.5. The summed E-state index contributed by atoms with van der Waals surface area (Å²) in [4.78, 5) is 40.5. The number of alkyl halides is 55. The topological polar surface area (TPSA) is 146 Å². The summed E-state index contributed by atoms with van der Waals surface area (Å²) in [5.74, 6) is -15.2.